The van der Waals surface area contributed by atoms with E-state index in [4.69, 9.17) is 4.74 Å². The van der Waals surface area contributed by atoms with Crippen molar-refractivity contribution in [2.24, 2.45) is 10.9 Å². The summed E-state index contributed by atoms with van der Waals surface area (Å²) in [5.41, 5.74) is 1.88. The van der Waals surface area contributed by atoms with E-state index in [0.29, 0.717) is 17.1 Å². The molecule has 9 heteroatoms. The molecule has 1 aromatic rings. The fraction of sp³-hybridized carbons (Fsp3) is 0.556. The highest BCUT2D eigenvalue weighted by Gasteiger charge is 2.27. The summed E-state index contributed by atoms with van der Waals surface area (Å²) < 4.78 is 30.7. The molecule has 0 amide bonds. The molecule has 1 fully saturated rings. The van der Waals surface area contributed by atoms with Gasteiger partial charge in [0.15, 0.2) is 0 Å². The zero-order chi connectivity index (χ0) is 20.0. The average Bonchev–Trinajstić information content (AvgIpc) is 3.14. The molecule has 0 aromatic carbocycles. The van der Waals surface area contributed by atoms with Crippen LogP contribution in [-0.4, -0.2) is 52.0 Å². The Morgan fingerprint density at radius 3 is 2.59 bits per heavy atom. The highest BCUT2D eigenvalue weighted by Crippen LogP contribution is 2.30. The lowest BCUT2D eigenvalue weighted by Crippen LogP contribution is -2.36. The van der Waals surface area contributed by atoms with Crippen molar-refractivity contribution < 1.29 is 17.9 Å². The van der Waals surface area contributed by atoms with Crippen LogP contribution >= 0.6 is 0 Å². The van der Waals surface area contributed by atoms with Crippen molar-refractivity contribution in [1.29, 1.82) is 0 Å². The Morgan fingerprint density at radius 2 is 2.04 bits per heavy atom. The van der Waals surface area contributed by atoms with Gasteiger partial charge >= 0.3 is 5.97 Å². The van der Waals surface area contributed by atoms with E-state index in [1.54, 1.807) is 13.1 Å². The molecule has 1 aliphatic rings. The number of aliphatic imine (C=N–C) groups is 1. The van der Waals surface area contributed by atoms with Gasteiger partial charge in [-0.2, -0.15) is 0 Å². The summed E-state index contributed by atoms with van der Waals surface area (Å²) in [4.78, 5) is 19.0. The van der Waals surface area contributed by atoms with Gasteiger partial charge in [0.1, 0.15) is 5.82 Å². The molecule has 3 N–H and O–H groups in total. The fourth-order valence-corrected chi connectivity index (χ4v) is 4.53. The summed E-state index contributed by atoms with van der Waals surface area (Å²) in [5, 5.41) is 3.45. The molecular formula is C18H28N4O4S. The summed E-state index contributed by atoms with van der Waals surface area (Å²) in [5.74, 6) is 0.465. The first-order chi connectivity index (χ1) is 12.8. The number of hydrogen-bond donors (Lipinski definition) is 3. The van der Waals surface area contributed by atoms with Crippen LogP contribution in [0.15, 0.2) is 22.8 Å². The zero-order valence-electron chi connectivity index (χ0n) is 16.0. The van der Waals surface area contributed by atoms with Crippen LogP contribution in [0.3, 0.4) is 0 Å². The maximum absolute atomic E-state index is 12.1. The molecule has 1 saturated carbocycles. The third-order valence-electron chi connectivity index (χ3n) is 4.98. The average molecular weight is 397 g/mol. The predicted molar refractivity (Wildman–Crippen MR) is 106 cm³/mol. The Bertz CT molecular complexity index is 805. The van der Waals surface area contributed by atoms with Crippen LogP contribution in [0.2, 0.25) is 0 Å². The monoisotopic (exact) mass is 396 g/mol. The molecule has 0 unspecified atom stereocenters. The summed E-state index contributed by atoms with van der Waals surface area (Å²) >= 11 is 0. The number of nitrogens with zero attached hydrogens (tertiary/aromatic N) is 1. The number of esters is 1. The summed E-state index contributed by atoms with van der Waals surface area (Å²) in [6, 6.07) is 1.98. The summed E-state index contributed by atoms with van der Waals surface area (Å²) in [6.45, 7) is 5.27. The number of aromatic nitrogens is 1. The van der Waals surface area contributed by atoms with E-state index >= 15 is 0 Å². The van der Waals surface area contributed by atoms with Crippen LogP contribution in [0.1, 0.15) is 38.2 Å². The first kappa shape index (κ1) is 21.2. The lowest BCUT2D eigenvalue weighted by atomic mass is 9.87. The second-order valence-electron chi connectivity index (χ2n) is 6.74. The zero-order valence-corrected chi connectivity index (χ0v) is 16.9. The van der Waals surface area contributed by atoms with Crippen molar-refractivity contribution in [3.05, 3.63) is 23.4 Å². The largest absolute Gasteiger partial charge is 0.466 e. The van der Waals surface area contributed by atoms with Gasteiger partial charge in [0.2, 0.25) is 10.0 Å². The number of sulfonamides is 1. The molecule has 1 heterocycles. The third kappa shape index (κ3) is 5.43. The van der Waals surface area contributed by atoms with Crippen molar-refractivity contribution in [2.75, 3.05) is 19.9 Å². The van der Waals surface area contributed by atoms with Crippen LogP contribution in [0.25, 0.3) is 5.70 Å². The summed E-state index contributed by atoms with van der Waals surface area (Å²) in [6.07, 6.45) is 5.00. The van der Waals surface area contributed by atoms with E-state index in [2.05, 4.69) is 26.7 Å². The molecule has 27 heavy (non-hydrogen) atoms. The maximum Gasteiger partial charge on any atom is 0.335 e. The lowest BCUT2D eigenvalue weighted by Gasteiger charge is -2.30. The Morgan fingerprint density at radius 1 is 1.37 bits per heavy atom. The lowest BCUT2D eigenvalue weighted by molar-refractivity contribution is -0.136. The molecule has 8 nitrogen and oxygen atoms in total. The van der Waals surface area contributed by atoms with Crippen LogP contribution < -0.4 is 10.0 Å². The SMILES string of the molecule is C=Nc1[nH]ccc1/C(NC1CCC(CS(=O)(=O)NC)CC1)=C(\C)C(=O)OC. The topological polar surface area (TPSA) is 113 Å². The molecule has 150 valence electrons. The molecular weight excluding hydrogens is 368 g/mol. The Hall–Kier alpha value is -2.13. The molecule has 0 atom stereocenters. The van der Waals surface area contributed by atoms with Gasteiger partial charge in [-0.15, -0.1) is 0 Å². The number of carbonyl (C=O) groups is 1. The summed E-state index contributed by atoms with van der Waals surface area (Å²) in [7, 11) is -0.407. The standard InChI is InChI=1S/C18H28N4O4S/c1-12(18(23)26-4)16(15-9-10-21-17(15)19-2)22-14-7-5-13(6-8-14)11-27(24,25)20-3/h9-10,13-14,20-22H,2,5-8,11H2,1,3-4H3/b16-12-. The van der Waals surface area contributed by atoms with E-state index in [-0.39, 0.29) is 17.7 Å². The molecule has 2 rings (SSSR count). The predicted octanol–water partition coefficient (Wildman–Crippen LogP) is 1.95. The van der Waals surface area contributed by atoms with Crippen LogP contribution in [0.4, 0.5) is 5.82 Å². The minimum atomic E-state index is -3.20. The van der Waals surface area contributed by atoms with E-state index < -0.39 is 16.0 Å². The van der Waals surface area contributed by atoms with E-state index in [9.17, 15) is 13.2 Å². The normalized spacial score (nSPS) is 21.3. The highest BCUT2D eigenvalue weighted by atomic mass is 32.2. The Labute approximate surface area is 160 Å². The Kier molecular flexibility index (Phi) is 7.20. The van der Waals surface area contributed by atoms with E-state index in [0.717, 1.165) is 31.2 Å². The van der Waals surface area contributed by atoms with Gasteiger partial charge in [0.05, 0.1) is 24.1 Å². The number of carbonyl (C=O) groups excluding carboxylic acids is 1. The number of hydrogen-bond acceptors (Lipinski definition) is 6. The number of ether oxygens (including phenoxy) is 1. The molecule has 0 aliphatic heterocycles. The number of rotatable bonds is 8. The quantitative estimate of drug-likeness (QED) is 0.353. The van der Waals surface area contributed by atoms with Gasteiger partial charge in [-0.3, -0.25) is 0 Å². The molecule has 0 saturated heterocycles. The van der Waals surface area contributed by atoms with Gasteiger partial charge < -0.3 is 15.0 Å². The highest BCUT2D eigenvalue weighted by molar-refractivity contribution is 7.89. The van der Waals surface area contributed by atoms with Crippen molar-refractivity contribution in [1.82, 2.24) is 15.0 Å². The smallest absolute Gasteiger partial charge is 0.335 e. The van der Waals surface area contributed by atoms with Crippen LogP contribution in [-0.2, 0) is 19.6 Å². The molecule has 0 bridgehead atoms. The van der Waals surface area contributed by atoms with Gasteiger partial charge in [-0.05, 0) is 58.4 Å². The number of aromatic amines is 1. The molecule has 0 spiro atoms. The van der Waals surface area contributed by atoms with E-state index in [1.807, 2.05) is 6.07 Å². The first-order valence-electron chi connectivity index (χ1n) is 8.92. The van der Waals surface area contributed by atoms with Gasteiger partial charge in [0, 0.05) is 17.8 Å². The minimum Gasteiger partial charge on any atom is -0.466 e. The van der Waals surface area contributed by atoms with Crippen molar-refractivity contribution in [2.45, 2.75) is 38.6 Å². The van der Waals surface area contributed by atoms with Gasteiger partial charge in [-0.1, -0.05) is 0 Å². The van der Waals surface area contributed by atoms with Crippen molar-refractivity contribution in [3.8, 4) is 0 Å². The van der Waals surface area contributed by atoms with Gasteiger partial charge in [0.25, 0.3) is 0 Å². The minimum absolute atomic E-state index is 0.140. The van der Waals surface area contributed by atoms with Crippen molar-refractivity contribution >= 4 is 34.2 Å². The molecule has 1 aliphatic carbocycles. The number of nitrogens with one attached hydrogen (secondary N) is 3. The first-order valence-corrected chi connectivity index (χ1v) is 10.6. The fourth-order valence-electron chi connectivity index (χ4n) is 3.41. The molecule has 1 aromatic heterocycles. The maximum atomic E-state index is 12.1. The second-order valence-corrected chi connectivity index (χ2v) is 8.71. The molecule has 0 radical (unpaired) electrons. The Balaban J connectivity index is 2.14. The second kappa shape index (κ2) is 9.18. The third-order valence-corrected chi connectivity index (χ3v) is 6.51. The number of methoxy groups -OCH3 is 1. The number of H-pyrrole nitrogens is 1. The van der Waals surface area contributed by atoms with E-state index in [1.165, 1.54) is 14.2 Å². The van der Waals surface area contributed by atoms with Crippen LogP contribution in [0, 0.1) is 5.92 Å². The van der Waals surface area contributed by atoms with Gasteiger partial charge in [-0.25, -0.2) is 22.9 Å². The van der Waals surface area contributed by atoms with Crippen LogP contribution in [0.5, 0.6) is 0 Å². The van der Waals surface area contributed by atoms with Crippen molar-refractivity contribution in [3.63, 3.8) is 0 Å².